The van der Waals surface area contributed by atoms with Crippen LogP contribution in [-0.4, -0.2) is 43.1 Å². The molecule has 0 bridgehead atoms. The van der Waals surface area contributed by atoms with Gasteiger partial charge < -0.3 is 15.2 Å². The predicted molar refractivity (Wildman–Crippen MR) is 55.4 cm³/mol. The van der Waals surface area contributed by atoms with E-state index in [1.165, 1.54) is 6.92 Å². The Balaban J connectivity index is 3.62. The van der Waals surface area contributed by atoms with Crippen molar-refractivity contribution in [2.24, 2.45) is 0 Å². The van der Waals surface area contributed by atoms with Gasteiger partial charge in [-0.3, -0.25) is 0 Å². The van der Waals surface area contributed by atoms with E-state index < -0.39 is 24.2 Å². The molecule has 0 aromatic carbocycles. The number of esters is 1. The van der Waals surface area contributed by atoms with Gasteiger partial charge in [-0.05, 0) is 26.3 Å². The zero-order chi connectivity index (χ0) is 13.5. The Bertz CT molecular complexity index is 241. The summed E-state index contributed by atoms with van der Waals surface area (Å²) in [6.45, 7) is 1.54. The number of ether oxygens (including phenoxy) is 1. The maximum Gasteiger partial charge on any atom is 0.389 e. The molecule has 0 aromatic rings. The van der Waals surface area contributed by atoms with Crippen LogP contribution in [0.3, 0.4) is 0 Å². The molecule has 0 aliphatic rings. The number of rotatable bonds is 7. The second-order valence-electron chi connectivity index (χ2n) is 4.01. The summed E-state index contributed by atoms with van der Waals surface area (Å²) < 4.78 is 39.7. The lowest BCUT2D eigenvalue weighted by Crippen LogP contribution is -2.45. The Hall–Kier alpha value is -0.820. The first-order valence-corrected chi connectivity index (χ1v) is 5.27. The molecule has 0 heterocycles. The molecule has 1 atom stereocenters. The molecule has 0 saturated carbocycles. The topological polar surface area (TPSA) is 58.6 Å². The first-order chi connectivity index (χ1) is 7.69. The lowest BCUT2D eigenvalue weighted by molar-refractivity contribution is -0.159. The van der Waals surface area contributed by atoms with Crippen LogP contribution < -0.4 is 5.32 Å². The summed E-state index contributed by atoms with van der Waals surface area (Å²) >= 11 is 0. The van der Waals surface area contributed by atoms with Gasteiger partial charge in [0.05, 0.1) is 7.11 Å². The van der Waals surface area contributed by atoms with Crippen LogP contribution >= 0.6 is 0 Å². The van der Waals surface area contributed by atoms with Gasteiger partial charge in [0.1, 0.15) is 0 Å². The van der Waals surface area contributed by atoms with Gasteiger partial charge >= 0.3 is 12.1 Å². The number of unbranched alkanes of at least 4 members (excludes halogenated alkanes) is 1. The van der Waals surface area contributed by atoms with Crippen molar-refractivity contribution < 1.29 is 27.8 Å². The normalized spacial score (nSPS) is 15.4. The highest BCUT2D eigenvalue weighted by Crippen LogP contribution is 2.21. The highest BCUT2D eigenvalue weighted by Gasteiger charge is 2.30. The third kappa shape index (κ3) is 7.98. The van der Waals surface area contributed by atoms with E-state index in [1.807, 2.05) is 0 Å². The summed E-state index contributed by atoms with van der Waals surface area (Å²) in [5, 5.41) is 12.3. The summed E-state index contributed by atoms with van der Waals surface area (Å²) in [5.41, 5.74) is -1.65. The standard InChI is InChI=1S/C10H18F3NO3/c1-9(16,8(15)17-2)7-14-6-4-3-5-10(11,12)13/h14,16H,3-7H2,1-2H3. The van der Waals surface area contributed by atoms with E-state index >= 15 is 0 Å². The number of carbonyl (C=O) groups is 1. The number of hydrogen-bond acceptors (Lipinski definition) is 4. The number of alkyl halides is 3. The molecule has 0 fully saturated rings. The highest BCUT2D eigenvalue weighted by atomic mass is 19.4. The lowest BCUT2D eigenvalue weighted by Gasteiger charge is -2.20. The number of carbonyl (C=O) groups excluding carboxylic acids is 1. The smallest absolute Gasteiger partial charge is 0.389 e. The highest BCUT2D eigenvalue weighted by molar-refractivity contribution is 5.78. The Morgan fingerprint density at radius 3 is 2.41 bits per heavy atom. The summed E-state index contributed by atoms with van der Waals surface area (Å²) in [7, 11) is 1.15. The van der Waals surface area contributed by atoms with Crippen LogP contribution in [0.15, 0.2) is 0 Å². The number of halogens is 3. The van der Waals surface area contributed by atoms with Gasteiger partial charge in [-0.15, -0.1) is 0 Å². The SMILES string of the molecule is COC(=O)C(C)(O)CNCCCCC(F)(F)F. The number of hydrogen-bond donors (Lipinski definition) is 2. The molecule has 0 aliphatic carbocycles. The molecule has 0 rings (SSSR count). The number of aliphatic hydroxyl groups is 1. The summed E-state index contributed by atoms with van der Waals surface area (Å²) in [6.07, 6.45) is -4.59. The van der Waals surface area contributed by atoms with Crippen LogP contribution in [0.1, 0.15) is 26.2 Å². The van der Waals surface area contributed by atoms with Crippen LogP contribution in [0.2, 0.25) is 0 Å². The third-order valence-electron chi connectivity index (χ3n) is 2.16. The third-order valence-corrected chi connectivity index (χ3v) is 2.16. The summed E-state index contributed by atoms with van der Waals surface area (Å²) in [5.74, 6) is -0.778. The molecule has 0 aromatic heterocycles. The van der Waals surface area contributed by atoms with Crippen LogP contribution in [-0.2, 0) is 9.53 Å². The summed E-state index contributed by atoms with van der Waals surface area (Å²) in [6, 6.07) is 0. The molecule has 7 heteroatoms. The van der Waals surface area contributed by atoms with E-state index in [-0.39, 0.29) is 13.0 Å². The van der Waals surface area contributed by atoms with E-state index in [2.05, 4.69) is 10.1 Å². The van der Waals surface area contributed by atoms with Crippen molar-refractivity contribution in [3.05, 3.63) is 0 Å². The second kappa shape index (κ2) is 6.80. The van der Waals surface area contributed by atoms with Crippen LogP contribution in [0, 0.1) is 0 Å². The molecular formula is C10H18F3NO3. The van der Waals surface area contributed by atoms with Crippen molar-refractivity contribution in [3.8, 4) is 0 Å². The van der Waals surface area contributed by atoms with Crippen molar-refractivity contribution in [1.29, 1.82) is 0 Å². The van der Waals surface area contributed by atoms with Crippen molar-refractivity contribution in [3.63, 3.8) is 0 Å². The fraction of sp³-hybridized carbons (Fsp3) is 0.900. The van der Waals surface area contributed by atoms with Crippen LogP contribution in [0.5, 0.6) is 0 Å². The average Bonchev–Trinajstić information content (AvgIpc) is 2.20. The van der Waals surface area contributed by atoms with E-state index in [0.717, 1.165) is 7.11 Å². The molecule has 0 spiro atoms. The molecule has 0 saturated heterocycles. The largest absolute Gasteiger partial charge is 0.467 e. The van der Waals surface area contributed by atoms with E-state index in [9.17, 15) is 23.1 Å². The Morgan fingerprint density at radius 1 is 1.35 bits per heavy atom. The zero-order valence-corrected chi connectivity index (χ0v) is 9.93. The van der Waals surface area contributed by atoms with Gasteiger partial charge in [0.15, 0.2) is 5.60 Å². The lowest BCUT2D eigenvalue weighted by atomic mass is 10.1. The van der Waals surface area contributed by atoms with Gasteiger partial charge in [-0.2, -0.15) is 13.2 Å². The molecule has 1 unspecified atom stereocenters. The zero-order valence-electron chi connectivity index (χ0n) is 9.93. The monoisotopic (exact) mass is 257 g/mol. The predicted octanol–water partition coefficient (Wildman–Crippen LogP) is 1.23. The first kappa shape index (κ1) is 16.2. The number of methoxy groups -OCH3 is 1. The Labute approximate surface area is 98.1 Å². The van der Waals surface area contributed by atoms with Crippen molar-refractivity contribution in [2.75, 3.05) is 20.2 Å². The van der Waals surface area contributed by atoms with Gasteiger partial charge in [-0.25, -0.2) is 4.79 Å². The van der Waals surface area contributed by atoms with Gasteiger partial charge in [0.25, 0.3) is 0 Å². The second-order valence-corrected chi connectivity index (χ2v) is 4.01. The van der Waals surface area contributed by atoms with Gasteiger partial charge in [-0.1, -0.05) is 0 Å². The van der Waals surface area contributed by atoms with E-state index in [4.69, 9.17) is 0 Å². The van der Waals surface area contributed by atoms with Crippen molar-refractivity contribution in [2.45, 2.75) is 38.0 Å². The maximum atomic E-state index is 11.8. The molecular weight excluding hydrogens is 239 g/mol. The molecule has 2 N–H and O–H groups in total. The molecule has 17 heavy (non-hydrogen) atoms. The fourth-order valence-corrected chi connectivity index (χ4v) is 1.20. The minimum atomic E-state index is -4.13. The van der Waals surface area contributed by atoms with Crippen LogP contribution in [0.25, 0.3) is 0 Å². The van der Waals surface area contributed by atoms with Crippen molar-refractivity contribution in [1.82, 2.24) is 5.32 Å². The molecule has 0 radical (unpaired) electrons. The minimum absolute atomic E-state index is 0.0247. The minimum Gasteiger partial charge on any atom is -0.467 e. The first-order valence-electron chi connectivity index (χ1n) is 5.27. The van der Waals surface area contributed by atoms with Crippen molar-refractivity contribution >= 4 is 5.97 Å². The average molecular weight is 257 g/mol. The quantitative estimate of drug-likeness (QED) is 0.532. The molecule has 4 nitrogen and oxygen atoms in total. The molecule has 102 valence electrons. The Kier molecular flexibility index (Phi) is 6.48. The molecule has 0 aliphatic heterocycles. The molecule has 0 amide bonds. The van der Waals surface area contributed by atoms with E-state index in [0.29, 0.717) is 13.0 Å². The maximum absolute atomic E-state index is 11.8. The summed E-state index contributed by atoms with van der Waals surface area (Å²) in [4.78, 5) is 11.0. The van der Waals surface area contributed by atoms with Crippen LogP contribution in [0.4, 0.5) is 13.2 Å². The number of nitrogens with one attached hydrogen (secondary N) is 1. The Morgan fingerprint density at radius 2 is 1.94 bits per heavy atom. The van der Waals surface area contributed by atoms with Gasteiger partial charge in [0.2, 0.25) is 0 Å². The van der Waals surface area contributed by atoms with E-state index in [1.54, 1.807) is 0 Å². The van der Waals surface area contributed by atoms with Gasteiger partial charge in [0, 0.05) is 13.0 Å². The fourth-order valence-electron chi connectivity index (χ4n) is 1.20.